The Hall–Kier alpha value is -3.16. The summed E-state index contributed by atoms with van der Waals surface area (Å²) in [5.41, 5.74) is 1.99. The van der Waals surface area contributed by atoms with E-state index in [1.807, 2.05) is 6.92 Å². The number of aliphatic hydroxyl groups is 1. The molecule has 4 rings (SSSR count). The molecule has 2 heterocycles. The molecule has 0 amide bonds. The molecule has 0 aliphatic carbocycles. The van der Waals surface area contributed by atoms with Gasteiger partial charge in [0.2, 0.25) is 0 Å². The number of aryl methyl sites for hydroxylation is 1. The van der Waals surface area contributed by atoms with Gasteiger partial charge in [0.1, 0.15) is 22.8 Å². The smallest absolute Gasteiger partial charge is 0.159 e. The van der Waals surface area contributed by atoms with Crippen LogP contribution in [0.2, 0.25) is 5.02 Å². The Morgan fingerprint density at radius 3 is 2.27 bits per heavy atom. The number of hydrogen-bond donors (Lipinski definition) is 2. The van der Waals surface area contributed by atoms with E-state index in [1.165, 1.54) is 18.2 Å². The lowest BCUT2D eigenvalue weighted by molar-refractivity contribution is 0.0687. The molecular weight excluding hydrogens is 446 g/mol. The standard InChI is InChI=1S/C25H23ClF2N4O/c1-13(15-5-7-18(27)8-6-15)31-23-19-9-16(10-20(28)22(19)32-14(2)21(23)26)17-11-29-24(30-12-17)25(3,4)33/h5-13,33H,1-4H3,(H,31,32). The van der Waals surface area contributed by atoms with Gasteiger partial charge in [0.15, 0.2) is 5.82 Å². The monoisotopic (exact) mass is 468 g/mol. The number of rotatable bonds is 5. The van der Waals surface area contributed by atoms with Crippen molar-refractivity contribution in [3.05, 3.63) is 82.5 Å². The van der Waals surface area contributed by atoms with E-state index in [1.54, 1.807) is 51.4 Å². The normalized spacial score (nSPS) is 12.7. The van der Waals surface area contributed by atoms with Gasteiger partial charge in [-0.25, -0.2) is 23.7 Å². The summed E-state index contributed by atoms with van der Waals surface area (Å²) in [6.07, 6.45) is 3.08. The zero-order valence-electron chi connectivity index (χ0n) is 18.6. The minimum Gasteiger partial charge on any atom is -0.382 e. The van der Waals surface area contributed by atoms with Crippen molar-refractivity contribution in [1.82, 2.24) is 15.0 Å². The third-order valence-corrected chi connectivity index (χ3v) is 5.88. The highest BCUT2D eigenvalue weighted by molar-refractivity contribution is 6.35. The Kier molecular flexibility index (Phi) is 6.03. The molecule has 5 nitrogen and oxygen atoms in total. The second-order valence-electron chi connectivity index (χ2n) is 8.51. The summed E-state index contributed by atoms with van der Waals surface area (Å²) in [7, 11) is 0. The molecule has 170 valence electrons. The first kappa shape index (κ1) is 23.0. The number of aromatic nitrogens is 3. The van der Waals surface area contributed by atoms with Gasteiger partial charge in [0.25, 0.3) is 0 Å². The van der Waals surface area contributed by atoms with Gasteiger partial charge in [-0.2, -0.15) is 0 Å². The molecule has 4 aromatic rings. The molecule has 0 spiro atoms. The molecule has 33 heavy (non-hydrogen) atoms. The molecule has 2 aromatic heterocycles. The molecule has 0 fully saturated rings. The van der Waals surface area contributed by atoms with E-state index in [0.29, 0.717) is 32.9 Å². The second kappa shape index (κ2) is 8.65. The van der Waals surface area contributed by atoms with Gasteiger partial charge in [-0.3, -0.25) is 0 Å². The highest BCUT2D eigenvalue weighted by atomic mass is 35.5. The molecule has 8 heteroatoms. The molecule has 1 unspecified atom stereocenters. The summed E-state index contributed by atoms with van der Waals surface area (Å²) in [6, 6.07) is 9.07. The van der Waals surface area contributed by atoms with Crippen LogP contribution in [0.25, 0.3) is 22.0 Å². The van der Waals surface area contributed by atoms with Gasteiger partial charge < -0.3 is 10.4 Å². The van der Waals surface area contributed by atoms with Crippen molar-refractivity contribution in [3.8, 4) is 11.1 Å². The maximum absolute atomic E-state index is 15.1. The number of halogens is 3. The number of fused-ring (bicyclic) bond motifs is 1. The number of benzene rings is 2. The molecule has 0 saturated heterocycles. The predicted molar refractivity (Wildman–Crippen MR) is 126 cm³/mol. The zero-order chi connectivity index (χ0) is 23.9. The summed E-state index contributed by atoms with van der Waals surface area (Å²) in [5, 5.41) is 14.3. The van der Waals surface area contributed by atoms with Gasteiger partial charge in [0.05, 0.1) is 16.4 Å². The first-order valence-electron chi connectivity index (χ1n) is 10.4. The quantitative estimate of drug-likeness (QED) is 0.358. The van der Waals surface area contributed by atoms with Gasteiger partial charge in [-0.1, -0.05) is 23.7 Å². The maximum Gasteiger partial charge on any atom is 0.159 e. The third-order valence-electron chi connectivity index (χ3n) is 5.41. The molecule has 2 N–H and O–H groups in total. The lowest BCUT2D eigenvalue weighted by atomic mass is 10.0. The van der Waals surface area contributed by atoms with E-state index in [-0.39, 0.29) is 23.2 Å². The summed E-state index contributed by atoms with van der Waals surface area (Å²) in [4.78, 5) is 12.8. The average Bonchev–Trinajstić information content (AvgIpc) is 2.77. The van der Waals surface area contributed by atoms with Crippen LogP contribution in [0.3, 0.4) is 0 Å². The van der Waals surface area contributed by atoms with E-state index < -0.39 is 11.4 Å². The van der Waals surface area contributed by atoms with Crippen LogP contribution in [0.15, 0.2) is 48.8 Å². The highest BCUT2D eigenvalue weighted by Gasteiger charge is 2.21. The van der Waals surface area contributed by atoms with E-state index in [9.17, 15) is 9.50 Å². The van der Waals surface area contributed by atoms with E-state index in [4.69, 9.17) is 11.6 Å². The minimum absolute atomic E-state index is 0.184. The lowest BCUT2D eigenvalue weighted by Crippen LogP contribution is -2.19. The Morgan fingerprint density at radius 2 is 1.67 bits per heavy atom. The lowest BCUT2D eigenvalue weighted by Gasteiger charge is -2.20. The van der Waals surface area contributed by atoms with Crippen LogP contribution >= 0.6 is 11.6 Å². The average molecular weight is 469 g/mol. The number of pyridine rings is 1. The van der Waals surface area contributed by atoms with Crippen molar-refractivity contribution in [2.24, 2.45) is 0 Å². The van der Waals surface area contributed by atoms with Crippen LogP contribution in [-0.2, 0) is 5.60 Å². The minimum atomic E-state index is -1.18. The van der Waals surface area contributed by atoms with Crippen molar-refractivity contribution >= 4 is 28.2 Å². The number of anilines is 1. The summed E-state index contributed by atoms with van der Waals surface area (Å²) in [6.45, 7) is 6.81. The maximum atomic E-state index is 15.1. The fourth-order valence-electron chi connectivity index (χ4n) is 3.57. The molecular formula is C25H23ClF2N4O. The fraction of sp³-hybridized carbons (Fsp3) is 0.240. The Balaban J connectivity index is 1.82. The van der Waals surface area contributed by atoms with Crippen molar-refractivity contribution in [1.29, 1.82) is 0 Å². The first-order valence-corrected chi connectivity index (χ1v) is 10.8. The van der Waals surface area contributed by atoms with Crippen LogP contribution in [0.5, 0.6) is 0 Å². The van der Waals surface area contributed by atoms with Crippen molar-refractivity contribution in [2.75, 3.05) is 5.32 Å². The van der Waals surface area contributed by atoms with E-state index in [2.05, 4.69) is 20.3 Å². The van der Waals surface area contributed by atoms with Crippen LogP contribution in [0.1, 0.15) is 43.9 Å². The predicted octanol–water partition coefficient (Wildman–Crippen LogP) is 6.33. The molecule has 0 radical (unpaired) electrons. The third kappa shape index (κ3) is 4.65. The van der Waals surface area contributed by atoms with Crippen LogP contribution in [0, 0.1) is 18.6 Å². The van der Waals surface area contributed by atoms with Crippen LogP contribution < -0.4 is 5.32 Å². The summed E-state index contributed by atoms with van der Waals surface area (Å²) >= 11 is 6.59. The molecule has 0 saturated carbocycles. The van der Waals surface area contributed by atoms with Crippen molar-refractivity contribution < 1.29 is 13.9 Å². The Morgan fingerprint density at radius 1 is 1.03 bits per heavy atom. The molecule has 1 atom stereocenters. The largest absolute Gasteiger partial charge is 0.382 e. The van der Waals surface area contributed by atoms with Gasteiger partial charge >= 0.3 is 0 Å². The topological polar surface area (TPSA) is 70.9 Å². The fourth-order valence-corrected chi connectivity index (χ4v) is 3.77. The Bertz CT molecular complexity index is 1320. The van der Waals surface area contributed by atoms with Gasteiger partial charge in [0, 0.05) is 29.4 Å². The van der Waals surface area contributed by atoms with Crippen LogP contribution in [0.4, 0.5) is 14.5 Å². The Labute approximate surface area is 195 Å². The van der Waals surface area contributed by atoms with Gasteiger partial charge in [-0.05, 0) is 63.1 Å². The van der Waals surface area contributed by atoms with Crippen molar-refractivity contribution in [2.45, 2.75) is 39.3 Å². The number of hydrogen-bond acceptors (Lipinski definition) is 5. The number of nitrogens with zero attached hydrogens (tertiary/aromatic N) is 3. The highest BCUT2D eigenvalue weighted by Crippen LogP contribution is 2.38. The summed E-state index contributed by atoms with van der Waals surface area (Å²) < 4.78 is 28.5. The first-order chi connectivity index (χ1) is 15.5. The summed E-state index contributed by atoms with van der Waals surface area (Å²) in [5.74, 6) is -0.562. The van der Waals surface area contributed by atoms with E-state index >= 15 is 4.39 Å². The zero-order valence-corrected chi connectivity index (χ0v) is 19.4. The van der Waals surface area contributed by atoms with Gasteiger partial charge in [-0.15, -0.1) is 0 Å². The van der Waals surface area contributed by atoms with Crippen LogP contribution in [-0.4, -0.2) is 20.1 Å². The molecule has 0 aliphatic rings. The molecule has 0 bridgehead atoms. The number of nitrogens with one attached hydrogen (secondary N) is 1. The molecule has 0 aliphatic heterocycles. The molecule has 2 aromatic carbocycles. The second-order valence-corrected chi connectivity index (χ2v) is 8.89. The SMILES string of the molecule is Cc1nc2c(F)cc(-c3cnc(C(C)(C)O)nc3)cc2c(NC(C)c2ccc(F)cc2)c1Cl. The van der Waals surface area contributed by atoms with Crippen molar-refractivity contribution in [3.63, 3.8) is 0 Å². The van der Waals surface area contributed by atoms with E-state index in [0.717, 1.165) is 5.56 Å².